The Balaban J connectivity index is 3.54. The molecule has 25 heavy (non-hydrogen) atoms. The molecule has 0 saturated heterocycles. The monoisotopic (exact) mass is 350 g/mol. The van der Waals surface area contributed by atoms with Crippen molar-refractivity contribution < 1.29 is 28.3 Å². The molecule has 0 N–H and O–H groups in total. The second kappa shape index (κ2) is 9.81. The van der Waals surface area contributed by atoms with Crippen molar-refractivity contribution in [2.24, 2.45) is 5.41 Å². The maximum Gasteiger partial charge on any atom is 0.324 e. The van der Waals surface area contributed by atoms with Gasteiger partial charge in [-0.15, -0.1) is 6.58 Å². The van der Waals surface area contributed by atoms with Crippen molar-refractivity contribution >= 4 is 17.7 Å². The number of esters is 2. The summed E-state index contributed by atoms with van der Waals surface area (Å²) in [5.41, 5.74) is -1.66. The Morgan fingerprint density at radius 3 is 2.24 bits per heavy atom. The van der Waals surface area contributed by atoms with E-state index in [1.165, 1.54) is 13.2 Å². The molecule has 0 saturated carbocycles. The highest BCUT2D eigenvalue weighted by molar-refractivity contribution is 6.02. The molecule has 0 radical (unpaired) electrons. The third kappa shape index (κ3) is 4.81. The molecule has 0 fully saturated rings. The summed E-state index contributed by atoms with van der Waals surface area (Å²) in [6.45, 7) is 8.61. The van der Waals surface area contributed by atoms with Gasteiger partial charge >= 0.3 is 11.9 Å². The van der Waals surface area contributed by atoms with Crippen LogP contribution in [-0.4, -0.2) is 30.9 Å². The fraction of sp³-hybridized carbons (Fsp3) is 0.526. The average molecular weight is 350 g/mol. The molecule has 6 nitrogen and oxygen atoms in total. The molecule has 1 aromatic rings. The molecule has 1 heterocycles. The summed E-state index contributed by atoms with van der Waals surface area (Å²) in [6, 6.07) is 3.30. The normalized spacial score (nSPS) is 12.3. The first-order valence-electron chi connectivity index (χ1n) is 8.42. The summed E-state index contributed by atoms with van der Waals surface area (Å²) >= 11 is 0. The zero-order chi connectivity index (χ0) is 18.9. The van der Waals surface area contributed by atoms with Gasteiger partial charge in [-0.3, -0.25) is 9.59 Å². The minimum Gasteiger partial charge on any atom is -0.469 e. The van der Waals surface area contributed by atoms with Crippen LogP contribution in [0.25, 0.3) is 0 Å². The van der Waals surface area contributed by atoms with Crippen LogP contribution in [0.15, 0.2) is 35.5 Å². The molecule has 1 unspecified atom stereocenters. The van der Waals surface area contributed by atoms with Crippen LogP contribution in [-0.2, 0) is 23.9 Å². The molecule has 0 aromatic carbocycles. The number of carbonyl (C=O) groups is 3. The maximum absolute atomic E-state index is 12.9. The Bertz CT molecular complexity index is 569. The van der Waals surface area contributed by atoms with Gasteiger partial charge in [0.1, 0.15) is 11.5 Å². The van der Waals surface area contributed by atoms with E-state index in [1.807, 2.05) is 0 Å². The molecule has 138 valence electrons. The van der Waals surface area contributed by atoms with Crippen LogP contribution in [0, 0.1) is 5.41 Å². The van der Waals surface area contributed by atoms with Gasteiger partial charge in [0.05, 0.1) is 25.4 Å². The fourth-order valence-electron chi connectivity index (χ4n) is 2.89. The maximum atomic E-state index is 12.9. The quantitative estimate of drug-likeness (QED) is 0.345. The van der Waals surface area contributed by atoms with E-state index in [1.54, 1.807) is 32.1 Å². The lowest BCUT2D eigenvalue weighted by Crippen LogP contribution is -2.47. The Labute approximate surface area is 148 Å². The fourth-order valence-corrected chi connectivity index (χ4v) is 2.89. The van der Waals surface area contributed by atoms with E-state index >= 15 is 0 Å². The van der Waals surface area contributed by atoms with Crippen LogP contribution in [0.4, 0.5) is 0 Å². The van der Waals surface area contributed by atoms with Crippen molar-refractivity contribution in [1.29, 1.82) is 0 Å². The number of rotatable bonds is 11. The minimum absolute atomic E-state index is 0.0394. The average Bonchev–Trinajstić information content (AvgIpc) is 3.08. The van der Waals surface area contributed by atoms with Crippen molar-refractivity contribution in [2.45, 2.75) is 46.0 Å². The lowest BCUT2D eigenvalue weighted by atomic mass is 9.68. The van der Waals surface area contributed by atoms with E-state index in [-0.39, 0.29) is 31.8 Å². The second-order valence-corrected chi connectivity index (χ2v) is 5.71. The lowest BCUT2D eigenvalue weighted by Gasteiger charge is -2.34. The molecule has 0 bridgehead atoms. The smallest absolute Gasteiger partial charge is 0.324 e. The van der Waals surface area contributed by atoms with E-state index in [0.29, 0.717) is 12.2 Å². The van der Waals surface area contributed by atoms with Crippen molar-refractivity contribution in [2.75, 3.05) is 13.2 Å². The zero-order valence-corrected chi connectivity index (χ0v) is 15.1. The summed E-state index contributed by atoms with van der Waals surface area (Å²) in [4.78, 5) is 37.7. The van der Waals surface area contributed by atoms with Gasteiger partial charge in [0.25, 0.3) is 0 Å². The van der Waals surface area contributed by atoms with Crippen LogP contribution in [0.5, 0.6) is 0 Å². The van der Waals surface area contributed by atoms with E-state index in [0.717, 1.165) is 0 Å². The van der Waals surface area contributed by atoms with Crippen LogP contribution >= 0.6 is 0 Å². The molecule has 0 aliphatic heterocycles. The number of Topliss-reactive ketones (excluding diaryl/α,β-unsaturated/α-hetero) is 1. The molecular formula is C19H26O6. The molecule has 0 aliphatic carbocycles. The molecular weight excluding hydrogens is 324 g/mol. The number of hydrogen-bond acceptors (Lipinski definition) is 6. The lowest BCUT2D eigenvalue weighted by molar-refractivity contribution is -0.175. The summed E-state index contributed by atoms with van der Waals surface area (Å²) < 4.78 is 15.9. The topological polar surface area (TPSA) is 82.8 Å². The van der Waals surface area contributed by atoms with Crippen LogP contribution < -0.4 is 0 Å². The van der Waals surface area contributed by atoms with E-state index in [9.17, 15) is 14.4 Å². The number of allylic oxidation sites excluding steroid dienone is 1. The first kappa shape index (κ1) is 20.7. The van der Waals surface area contributed by atoms with E-state index in [2.05, 4.69) is 6.58 Å². The SMILES string of the molecule is C=CCCC(C(=O)OCC)(C(=O)OCC)C(CC(C)=O)c1ccco1. The Hall–Kier alpha value is -2.37. The van der Waals surface area contributed by atoms with Crippen molar-refractivity contribution in [1.82, 2.24) is 0 Å². The number of carbonyl (C=O) groups excluding carboxylic acids is 3. The first-order valence-corrected chi connectivity index (χ1v) is 8.42. The van der Waals surface area contributed by atoms with Gasteiger partial charge in [-0.05, 0) is 45.7 Å². The predicted octanol–water partition coefficient (Wildman–Crippen LogP) is 3.42. The third-order valence-corrected chi connectivity index (χ3v) is 4.00. The number of furan rings is 1. The van der Waals surface area contributed by atoms with Crippen molar-refractivity contribution in [3.05, 3.63) is 36.8 Å². The molecule has 6 heteroatoms. The first-order chi connectivity index (χ1) is 11.9. The van der Waals surface area contributed by atoms with Crippen LogP contribution in [0.3, 0.4) is 0 Å². The predicted molar refractivity (Wildman–Crippen MR) is 91.9 cm³/mol. The summed E-state index contributed by atoms with van der Waals surface area (Å²) in [7, 11) is 0. The summed E-state index contributed by atoms with van der Waals surface area (Å²) in [5, 5.41) is 0. The van der Waals surface area contributed by atoms with Gasteiger partial charge in [0, 0.05) is 6.42 Å². The highest BCUT2D eigenvalue weighted by Crippen LogP contribution is 2.45. The molecule has 0 amide bonds. The third-order valence-electron chi connectivity index (χ3n) is 4.00. The standard InChI is InChI=1S/C19H26O6/c1-5-8-11-19(17(21)23-6-2,18(22)24-7-3)15(13-14(4)20)16-10-9-12-25-16/h5,9-10,12,15H,1,6-8,11,13H2,2-4H3. The minimum atomic E-state index is -1.66. The largest absolute Gasteiger partial charge is 0.469 e. The summed E-state index contributed by atoms with van der Waals surface area (Å²) in [5.74, 6) is -2.02. The highest BCUT2D eigenvalue weighted by atomic mass is 16.6. The van der Waals surface area contributed by atoms with Crippen LogP contribution in [0.2, 0.25) is 0 Å². The van der Waals surface area contributed by atoms with Crippen molar-refractivity contribution in [3.63, 3.8) is 0 Å². The Kier molecular flexibility index (Phi) is 8.11. The molecule has 1 aromatic heterocycles. The Morgan fingerprint density at radius 2 is 1.84 bits per heavy atom. The molecule has 0 aliphatic rings. The van der Waals surface area contributed by atoms with Gasteiger partial charge in [0.2, 0.25) is 0 Å². The van der Waals surface area contributed by atoms with Gasteiger partial charge in [-0.25, -0.2) is 0 Å². The second-order valence-electron chi connectivity index (χ2n) is 5.71. The zero-order valence-electron chi connectivity index (χ0n) is 15.1. The molecule has 0 spiro atoms. The van der Waals surface area contributed by atoms with E-state index < -0.39 is 23.3 Å². The number of hydrogen-bond donors (Lipinski definition) is 0. The van der Waals surface area contributed by atoms with Gasteiger partial charge in [-0.2, -0.15) is 0 Å². The van der Waals surface area contributed by atoms with Crippen LogP contribution in [0.1, 0.15) is 51.7 Å². The number of ketones is 1. The summed E-state index contributed by atoms with van der Waals surface area (Å²) in [6.07, 6.45) is 3.51. The van der Waals surface area contributed by atoms with Gasteiger partial charge in [-0.1, -0.05) is 6.08 Å². The highest BCUT2D eigenvalue weighted by Gasteiger charge is 2.56. The van der Waals surface area contributed by atoms with Gasteiger partial charge < -0.3 is 18.7 Å². The number of ether oxygens (including phenoxy) is 2. The molecule has 1 atom stereocenters. The van der Waals surface area contributed by atoms with Gasteiger partial charge in [0.15, 0.2) is 5.41 Å². The van der Waals surface area contributed by atoms with E-state index in [4.69, 9.17) is 13.9 Å². The molecule has 1 rings (SSSR count). The van der Waals surface area contributed by atoms with Crippen molar-refractivity contribution in [3.8, 4) is 0 Å². The Morgan fingerprint density at radius 1 is 1.24 bits per heavy atom.